The highest BCUT2D eigenvalue weighted by atomic mass is 32.2. The molecule has 13 heavy (non-hydrogen) atoms. The highest BCUT2D eigenvalue weighted by Gasteiger charge is 1.98. The molecule has 0 unspecified atom stereocenters. The highest BCUT2D eigenvalue weighted by molar-refractivity contribution is 7.98. The van der Waals surface area contributed by atoms with Crippen molar-refractivity contribution >= 4 is 11.8 Å². The van der Waals surface area contributed by atoms with Gasteiger partial charge in [0.1, 0.15) is 5.76 Å². The van der Waals surface area contributed by atoms with Crippen LogP contribution < -0.4 is 0 Å². The van der Waals surface area contributed by atoms with Gasteiger partial charge in [-0.25, -0.2) is 0 Å². The molecular weight excluding hydrogens is 190 g/mol. The molecule has 0 aliphatic carbocycles. The summed E-state index contributed by atoms with van der Waals surface area (Å²) in [5, 5.41) is 9.97. The van der Waals surface area contributed by atoms with Crippen molar-refractivity contribution in [3.8, 4) is 0 Å². The third-order valence-corrected chi connectivity index (χ3v) is 2.52. The topological polar surface area (TPSA) is 56.3 Å². The quantitative estimate of drug-likeness (QED) is 0.402. The molecule has 0 amide bonds. The molecule has 0 saturated carbocycles. The molecular formula is C8H11NO3S. The molecule has 1 aromatic heterocycles. The van der Waals surface area contributed by atoms with E-state index in [1.54, 1.807) is 18.0 Å². The minimum atomic E-state index is -0.284. The van der Waals surface area contributed by atoms with Crippen molar-refractivity contribution in [2.24, 2.45) is 0 Å². The van der Waals surface area contributed by atoms with Crippen molar-refractivity contribution in [2.45, 2.75) is 12.2 Å². The van der Waals surface area contributed by atoms with Gasteiger partial charge in [-0.1, -0.05) is 0 Å². The van der Waals surface area contributed by atoms with Crippen LogP contribution in [-0.2, 0) is 5.75 Å². The lowest BCUT2D eigenvalue weighted by Gasteiger charge is -1.95. The molecule has 0 N–H and O–H groups in total. The van der Waals surface area contributed by atoms with Crippen LogP contribution in [0, 0.1) is 10.1 Å². The third kappa shape index (κ3) is 4.57. The Hall–Kier alpha value is -0.970. The van der Waals surface area contributed by atoms with Crippen molar-refractivity contribution in [3.05, 3.63) is 34.3 Å². The molecule has 5 heteroatoms. The Morgan fingerprint density at radius 3 is 3.08 bits per heavy atom. The molecule has 0 atom stereocenters. The molecule has 1 heterocycles. The highest BCUT2D eigenvalue weighted by Crippen LogP contribution is 2.12. The molecule has 0 radical (unpaired) electrons. The predicted octanol–water partition coefficient (Wildman–Crippen LogP) is 2.18. The SMILES string of the molecule is O=[N+]([O-])CCCSCc1ccco1. The number of thioether (sulfide) groups is 1. The Bertz CT molecular complexity index is 248. The molecule has 4 nitrogen and oxygen atoms in total. The van der Waals surface area contributed by atoms with Crippen molar-refractivity contribution in [1.82, 2.24) is 0 Å². The van der Waals surface area contributed by atoms with Gasteiger partial charge in [-0.15, -0.1) is 0 Å². The molecule has 0 bridgehead atoms. The molecule has 1 rings (SSSR count). The fourth-order valence-corrected chi connectivity index (χ4v) is 1.71. The minimum Gasteiger partial charge on any atom is -0.468 e. The molecule has 0 aromatic carbocycles. The smallest absolute Gasteiger partial charge is 0.204 e. The normalized spacial score (nSPS) is 10.2. The fraction of sp³-hybridized carbons (Fsp3) is 0.500. The van der Waals surface area contributed by atoms with Crippen LogP contribution in [-0.4, -0.2) is 17.2 Å². The van der Waals surface area contributed by atoms with Gasteiger partial charge in [-0.3, -0.25) is 10.1 Å². The van der Waals surface area contributed by atoms with Gasteiger partial charge in [0.25, 0.3) is 0 Å². The van der Waals surface area contributed by atoms with E-state index in [4.69, 9.17) is 4.42 Å². The van der Waals surface area contributed by atoms with Gasteiger partial charge in [0.05, 0.1) is 12.0 Å². The zero-order valence-corrected chi connectivity index (χ0v) is 7.96. The summed E-state index contributed by atoms with van der Waals surface area (Å²) >= 11 is 1.65. The first-order chi connectivity index (χ1) is 6.29. The summed E-state index contributed by atoms with van der Waals surface area (Å²) in [5.74, 6) is 2.53. The summed E-state index contributed by atoms with van der Waals surface area (Å²) in [5.41, 5.74) is 0. The lowest BCUT2D eigenvalue weighted by molar-refractivity contribution is -0.479. The number of nitro groups is 1. The molecule has 0 fully saturated rings. The largest absolute Gasteiger partial charge is 0.468 e. The second-order valence-corrected chi connectivity index (χ2v) is 3.65. The van der Waals surface area contributed by atoms with E-state index in [9.17, 15) is 10.1 Å². The van der Waals surface area contributed by atoms with E-state index in [-0.39, 0.29) is 11.5 Å². The van der Waals surface area contributed by atoms with Crippen LogP contribution >= 0.6 is 11.8 Å². The van der Waals surface area contributed by atoms with Crippen LogP contribution in [0.3, 0.4) is 0 Å². The van der Waals surface area contributed by atoms with Gasteiger partial charge in [0, 0.05) is 11.3 Å². The third-order valence-electron chi connectivity index (χ3n) is 1.45. The van der Waals surface area contributed by atoms with E-state index < -0.39 is 0 Å². The molecule has 72 valence electrons. The molecule has 1 aromatic rings. The van der Waals surface area contributed by atoms with E-state index >= 15 is 0 Å². The zero-order chi connectivity index (χ0) is 9.52. The number of hydrogen-bond donors (Lipinski definition) is 0. The van der Waals surface area contributed by atoms with Crippen LogP contribution in [0.25, 0.3) is 0 Å². The van der Waals surface area contributed by atoms with Crippen LogP contribution in [0.1, 0.15) is 12.2 Å². The van der Waals surface area contributed by atoms with E-state index in [0.717, 1.165) is 17.3 Å². The van der Waals surface area contributed by atoms with Gasteiger partial charge in [0.15, 0.2) is 0 Å². The molecule has 0 saturated heterocycles. The zero-order valence-electron chi connectivity index (χ0n) is 7.14. The Labute approximate surface area is 80.5 Å². The maximum atomic E-state index is 9.97. The Morgan fingerprint density at radius 1 is 1.62 bits per heavy atom. The van der Waals surface area contributed by atoms with Gasteiger partial charge in [0.2, 0.25) is 6.54 Å². The van der Waals surface area contributed by atoms with Gasteiger partial charge >= 0.3 is 0 Å². The monoisotopic (exact) mass is 201 g/mol. The van der Waals surface area contributed by atoms with Gasteiger partial charge < -0.3 is 4.42 Å². The second-order valence-electron chi connectivity index (χ2n) is 2.54. The summed E-state index contributed by atoms with van der Waals surface area (Å²) in [4.78, 5) is 9.68. The van der Waals surface area contributed by atoms with Gasteiger partial charge in [-0.2, -0.15) is 11.8 Å². The summed E-state index contributed by atoms with van der Waals surface area (Å²) in [7, 11) is 0. The fourth-order valence-electron chi connectivity index (χ4n) is 0.863. The number of furan rings is 1. The van der Waals surface area contributed by atoms with Crippen LogP contribution in [0.15, 0.2) is 22.8 Å². The van der Waals surface area contributed by atoms with Crippen LogP contribution in [0.2, 0.25) is 0 Å². The summed E-state index contributed by atoms with van der Waals surface area (Å²) in [6.45, 7) is 0.0607. The minimum absolute atomic E-state index is 0.0607. The van der Waals surface area contributed by atoms with Crippen molar-refractivity contribution in [2.75, 3.05) is 12.3 Å². The maximum absolute atomic E-state index is 9.97. The lowest BCUT2D eigenvalue weighted by Crippen LogP contribution is -2.01. The van der Waals surface area contributed by atoms with Crippen molar-refractivity contribution in [1.29, 1.82) is 0 Å². The Balaban J connectivity index is 1.99. The first-order valence-electron chi connectivity index (χ1n) is 4.01. The van der Waals surface area contributed by atoms with Gasteiger partial charge in [-0.05, 0) is 17.9 Å². The first-order valence-corrected chi connectivity index (χ1v) is 5.16. The Kier molecular flexibility index (Phi) is 4.39. The number of hydrogen-bond acceptors (Lipinski definition) is 4. The average molecular weight is 201 g/mol. The van der Waals surface area contributed by atoms with Crippen LogP contribution in [0.5, 0.6) is 0 Å². The maximum Gasteiger partial charge on any atom is 0.204 e. The van der Waals surface area contributed by atoms with E-state index in [0.29, 0.717) is 6.42 Å². The molecule has 0 aliphatic heterocycles. The summed E-state index contributed by atoms with van der Waals surface area (Å²) in [6, 6.07) is 3.74. The Morgan fingerprint density at radius 2 is 2.46 bits per heavy atom. The molecule has 0 aliphatic rings. The van der Waals surface area contributed by atoms with Crippen molar-refractivity contribution < 1.29 is 9.34 Å². The standard InChI is InChI=1S/C8H11NO3S/c10-9(11)4-2-6-13-7-8-3-1-5-12-8/h1,3,5H,2,4,6-7H2. The first kappa shape index (κ1) is 10.1. The van der Waals surface area contributed by atoms with Crippen LogP contribution in [0.4, 0.5) is 0 Å². The lowest BCUT2D eigenvalue weighted by atomic mass is 10.5. The summed E-state index contributed by atoms with van der Waals surface area (Å²) < 4.78 is 5.11. The van der Waals surface area contributed by atoms with E-state index in [1.165, 1.54) is 0 Å². The summed E-state index contributed by atoms with van der Waals surface area (Å²) in [6.07, 6.45) is 2.26. The number of nitrogens with zero attached hydrogens (tertiary/aromatic N) is 1. The van der Waals surface area contributed by atoms with E-state index in [1.807, 2.05) is 12.1 Å². The molecule has 0 spiro atoms. The average Bonchev–Trinajstić information content (AvgIpc) is 2.55. The number of rotatable bonds is 6. The predicted molar refractivity (Wildman–Crippen MR) is 51.3 cm³/mol. The van der Waals surface area contributed by atoms with Crippen molar-refractivity contribution in [3.63, 3.8) is 0 Å². The van der Waals surface area contributed by atoms with E-state index in [2.05, 4.69) is 0 Å². The second kappa shape index (κ2) is 5.64.